The molecule has 0 aromatic heterocycles. The number of ether oxygens (including phenoxy) is 2. The minimum absolute atomic E-state index is 0.145. The predicted molar refractivity (Wildman–Crippen MR) is 149 cm³/mol. The number of phosphoric acid groups is 1. The highest BCUT2D eigenvalue weighted by atomic mass is 35.5. The molecule has 0 saturated heterocycles. The lowest BCUT2D eigenvalue weighted by molar-refractivity contribution is 0.0389. The molecule has 1 atom stereocenters. The van der Waals surface area contributed by atoms with Gasteiger partial charge in [-0.2, -0.15) is 0 Å². The third-order valence-corrected chi connectivity index (χ3v) is 7.96. The number of rotatable bonds is 13. The van der Waals surface area contributed by atoms with Crippen LogP contribution in [0.2, 0.25) is 5.02 Å². The van der Waals surface area contributed by atoms with E-state index in [-0.39, 0.29) is 12.4 Å². The molecule has 2 rings (SSSR count). The number of hydrogen-bond donors (Lipinski definition) is 2. The molecular formula is C26H37ClNO8PS. The van der Waals surface area contributed by atoms with Crippen LogP contribution >= 0.6 is 31.2 Å². The van der Waals surface area contributed by atoms with Gasteiger partial charge in [-0.1, -0.05) is 29.4 Å². The van der Waals surface area contributed by atoms with Gasteiger partial charge >= 0.3 is 13.9 Å². The molecule has 0 heterocycles. The Morgan fingerprint density at radius 3 is 2.37 bits per heavy atom. The quantitative estimate of drug-likeness (QED) is 0.234. The number of hydrogen-bond acceptors (Lipinski definition) is 9. The summed E-state index contributed by atoms with van der Waals surface area (Å²) >= 11 is 7.97. The molecule has 212 valence electrons. The van der Waals surface area contributed by atoms with Crippen LogP contribution in [0.1, 0.15) is 46.6 Å². The van der Waals surface area contributed by atoms with Crippen LogP contribution in [0.15, 0.2) is 46.2 Å². The highest BCUT2D eigenvalue weighted by molar-refractivity contribution is 7.99. The molecule has 0 bridgehead atoms. The van der Waals surface area contributed by atoms with E-state index in [2.05, 4.69) is 5.32 Å². The van der Waals surface area contributed by atoms with E-state index in [1.807, 2.05) is 25.1 Å². The Morgan fingerprint density at radius 2 is 1.79 bits per heavy atom. The van der Waals surface area contributed by atoms with Crippen LogP contribution in [-0.4, -0.2) is 49.8 Å². The maximum absolute atomic E-state index is 12.5. The van der Waals surface area contributed by atoms with E-state index < -0.39 is 25.1 Å². The fourth-order valence-electron chi connectivity index (χ4n) is 3.29. The van der Waals surface area contributed by atoms with Crippen molar-refractivity contribution in [2.24, 2.45) is 0 Å². The van der Waals surface area contributed by atoms with E-state index in [0.29, 0.717) is 35.1 Å². The first-order valence-corrected chi connectivity index (χ1v) is 14.7. The van der Waals surface area contributed by atoms with Crippen LogP contribution in [-0.2, 0) is 29.3 Å². The van der Waals surface area contributed by atoms with Gasteiger partial charge in [0.25, 0.3) is 0 Å². The molecule has 0 fully saturated rings. The first-order chi connectivity index (χ1) is 17.7. The van der Waals surface area contributed by atoms with E-state index in [4.69, 9.17) is 34.6 Å². The fourth-order valence-corrected chi connectivity index (χ4v) is 5.34. The molecule has 1 unspecified atom stereocenters. The smallest absolute Gasteiger partial charge is 0.474 e. The average Bonchev–Trinajstić information content (AvgIpc) is 2.83. The SMILES string of the molecule is CCOc1ccc(O)c(Sc2ccc(CCC(C)(COP(=O)(OC)OC)NC(=O)OC(C)(C)C)c(Cl)c2)c1. The van der Waals surface area contributed by atoms with Crippen LogP contribution in [0.25, 0.3) is 0 Å². The molecule has 0 aliphatic carbocycles. The van der Waals surface area contributed by atoms with Gasteiger partial charge < -0.3 is 19.9 Å². The number of phosphoric ester groups is 1. The molecular weight excluding hydrogens is 553 g/mol. The second kappa shape index (κ2) is 13.9. The first-order valence-electron chi connectivity index (χ1n) is 12.0. The highest BCUT2D eigenvalue weighted by Crippen LogP contribution is 2.48. The number of carbonyl (C=O) groups excluding carboxylic acids is 1. The summed E-state index contributed by atoms with van der Waals surface area (Å²) in [5.41, 5.74) is -0.854. The largest absolute Gasteiger partial charge is 0.507 e. The Labute approximate surface area is 234 Å². The van der Waals surface area contributed by atoms with Crippen molar-refractivity contribution in [3.63, 3.8) is 0 Å². The van der Waals surface area contributed by atoms with E-state index >= 15 is 0 Å². The Balaban J connectivity index is 2.17. The van der Waals surface area contributed by atoms with Gasteiger partial charge in [0, 0.05) is 24.1 Å². The van der Waals surface area contributed by atoms with Gasteiger partial charge in [0.2, 0.25) is 0 Å². The summed E-state index contributed by atoms with van der Waals surface area (Å²) in [6, 6.07) is 10.7. The Morgan fingerprint density at radius 1 is 1.11 bits per heavy atom. The molecule has 0 radical (unpaired) electrons. The number of nitrogens with one attached hydrogen (secondary N) is 1. The summed E-state index contributed by atoms with van der Waals surface area (Å²) in [5, 5.41) is 13.6. The van der Waals surface area contributed by atoms with Gasteiger partial charge in [-0.15, -0.1) is 0 Å². The minimum atomic E-state index is -3.77. The first kappa shape index (κ1) is 32.3. The zero-order chi connectivity index (χ0) is 28.6. The lowest BCUT2D eigenvalue weighted by Gasteiger charge is -2.32. The number of aromatic hydroxyl groups is 1. The molecule has 2 aromatic carbocycles. The zero-order valence-corrected chi connectivity index (χ0v) is 25.3. The Bertz CT molecular complexity index is 1130. The maximum Gasteiger partial charge on any atom is 0.474 e. The average molecular weight is 590 g/mol. The molecule has 0 spiro atoms. The summed E-state index contributed by atoms with van der Waals surface area (Å²) < 4.78 is 38.5. The van der Waals surface area contributed by atoms with Crippen molar-refractivity contribution in [2.45, 2.75) is 68.4 Å². The number of alkyl carbamates (subject to hydrolysis) is 1. The lowest BCUT2D eigenvalue weighted by Crippen LogP contribution is -2.51. The standard InChI is InChI=1S/C26H37ClNO8PS/c1-8-34-19-10-12-22(29)23(15-19)38-20-11-9-18(21(27)16-20)13-14-26(5,17-35-37(31,32-6)33-7)28-24(30)36-25(2,3)4/h9-12,15-16,29H,8,13-14,17H2,1-7H3,(H,28,30). The van der Waals surface area contributed by atoms with E-state index in [0.717, 1.165) is 10.5 Å². The number of benzene rings is 2. The van der Waals surface area contributed by atoms with Crippen molar-refractivity contribution in [1.29, 1.82) is 0 Å². The van der Waals surface area contributed by atoms with E-state index in [1.165, 1.54) is 26.0 Å². The molecule has 12 heteroatoms. The molecule has 0 aliphatic heterocycles. The number of amides is 1. The summed E-state index contributed by atoms with van der Waals surface area (Å²) in [4.78, 5) is 14.0. The van der Waals surface area contributed by atoms with Crippen molar-refractivity contribution in [1.82, 2.24) is 5.32 Å². The monoisotopic (exact) mass is 589 g/mol. The van der Waals surface area contributed by atoms with E-state index in [9.17, 15) is 14.5 Å². The fraction of sp³-hybridized carbons (Fsp3) is 0.500. The molecule has 0 saturated carbocycles. The number of phenols is 1. The van der Waals surface area contributed by atoms with Gasteiger partial charge in [-0.05, 0) is 83.4 Å². The van der Waals surface area contributed by atoms with Gasteiger partial charge in [-0.3, -0.25) is 13.6 Å². The normalized spacial score (nSPS) is 13.6. The van der Waals surface area contributed by atoms with Crippen molar-refractivity contribution >= 4 is 37.3 Å². The second-order valence-corrected chi connectivity index (χ2v) is 13.1. The predicted octanol–water partition coefficient (Wildman–Crippen LogP) is 7.23. The molecule has 2 aromatic rings. The Kier molecular flexibility index (Phi) is 11.8. The van der Waals surface area contributed by atoms with Gasteiger partial charge in [0.05, 0.1) is 23.6 Å². The highest BCUT2D eigenvalue weighted by Gasteiger charge is 2.34. The Hall–Kier alpha value is -1.94. The maximum atomic E-state index is 12.5. The summed E-state index contributed by atoms with van der Waals surface area (Å²) in [5.74, 6) is 0.813. The van der Waals surface area contributed by atoms with E-state index in [1.54, 1.807) is 45.9 Å². The van der Waals surface area contributed by atoms with Crippen LogP contribution in [0.5, 0.6) is 11.5 Å². The van der Waals surface area contributed by atoms with Crippen LogP contribution < -0.4 is 10.1 Å². The molecule has 38 heavy (non-hydrogen) atoms. The third-order valence-electron chi connectivity index (χ3n) is 5.23. The number of phenolic OH excluding ortho intramolecular Hbond substituents is 1. The van der Waals surface area contributed by atoms with Crippen LogP contribution in [0.4, 0.5) is 4.79 Å². The van der Waals surface area contributed by atoms with Crippen molar-refractivity contribution in [3.8, 4) is 11.5 Å². The second-order valence-electron chi connectivity index (χ2n) is 9.69. The van der Waals surface area contributed by atoms with Gasteiger partial charge in [0.15, 0.2) is 0 Å². The summed E-state index contributed by atoms with van der Waals surface area (Å²) in [7, 11) is -1.34. The van der Waals surface area contributed by atoms with Crippen LogP contribution in [0, 0.1) is 0 Å². The van der Waals surface area contributed by atoms with Crippen molar-refractivity contribution in [3.05, 3.63) is 47.0 Å². The van der Waals surface area contributed by atoms with Crippen LogP contribution in [0.3, 0.4) is 0 Å². The number of aryl methyl sites for hydroxylation is 1. The molecule has 1 amide bonds. The molecule has 2 N–H and O–H groups in total. The molecule has 9 nitrogen and oxygen atoms in total. The zero-order valence-electron chi connectivity index (χ0n) is 22.8. The number of carbonyl (C=O) groups is 1. The summed E-state index contributed by atoms with van der Waals surface area (Å²) in [6.07, 6.45) is 0.206. The lowest BCUT2D eigenvalue weighted by atomic mass is 9.94. The third kappa shape index (κ3) is 10.3. The van der Waals surface area contributed by atoms with Crippen molar-refractivity contribution < 1.29 is 37.5 Å². The van der Waals surface area contributed by atoms with Gasteiger partial charge in [0.1, 0.15) is 17.1 Å². The van der Waals surface area contributed by atoms with Crippen molar-refractivity contribution in [2.75, 3.05) is 27.4 Å². The van der Waals surface area contributed by atoms with Gasteiger partial charge in [-0.25, -0.2) is 9.36 Å². The number of halogens is 1. The summed E-state index contributed by atoms with van der Waals surface area (Å²) in [6.45, 7) is 9.29. The molecule has 0 aliphatic rings. The minimum Gasteiger partial charge on any atom is -0.507 e. The topological polar surface area (TPSA) is 113 Å².